The Balaban J connectivity index is 0.000000683. The highest BCUT2D eigenvalue weighted by Crippen LogP contribution is 2.22. The van der Waals surface area contributed by atoms with Crippen LogP contribution < -0.4 is 4.90 Å². The van der Waals surface area contributed by atoms with E-state index in [0.717, 1.165) is 11.3 Å². The summed E-state index contributed by atoms with van der Waals surface area (Å²) in [4.78, 5) is 16.7. The Morgan fingerprint density at radius 3 is 2.06 bits per heavy atom. The number of amides is 1. The number of allylic oxidation sites excluding steroid dienone is 4. The molecule has 3 nitrogen and oxygen atoms in total. The number of hydrogen-bond donors (Lipinski definition) is 0. The van der Waals surface area contributed by atoms with Crippen molar-refractivity contribution < 1.29 is 4.79 Å². The number of thiocarbonyl (C=S) groups is 1. The maximum atomic E-state index is 12.4. The average Bonchev–Trinajstić information content (AvgIpc) is 2.82. The van der Waals surface area contributed by atoms with Crippen LogP contribution in [0, 0.1) is 0 Å². The van der Waals surface area contributed by atoms with Crippen molar-refractivity contribution >= 4 is 46.3 Å². The fraction of sp³-hybridized carbons (Fsp3) is 0.154. The van der Waals surface area contributed by atoms with E-state index < -0.39 is 0 Å². The van der Waals surface area contributed by atoms with Gasteiger partial charge >= 0.3 is 0 Å². The van der Waals surface area contributed by atoms with E-state index in [1.807, 2.05) is 110 Å². The van der Waals surface area contributed by atoms with Crippen molar-refractivity contribution in [1.29, 1.82) is 0 Å². The second kappa shape index (κ2) is 15.9. The van der Waals surface area contributed by atoms with E-state index in [0.29, 0.717) is 11.4 Å². The molecule has 0 radical (unpaired) electrons. The SMILES string of the molecule is C=C/C=C\C=C\N(C)c1ccc(/C=C(/SC=S)C(=O)N(C)CC)cc1.c1ccccc1. The molecule has 0 heterocycles. The zero-order valence-corrected chi connectivity index (χ0v) is 20.0. The van der Waals surface area contributed by atoms with Gasteiger partial charge in [0.2, 0.25) is 0 Å². The predicted octanol–water partition coefficient (Wildman–Crippen LogP) is 6.57. The molecule has 0 fully saturated rings. The molecule has 0 atom stereocenters. The van der Waals surface area contributed by atoms with Gasteiger partial charge in [0.15, 0.2) is 0 Å². The minimum Gasteiger partial charge on any atom is -0.351 e. The number of anilines is 1. The fourth-order valence-corrected chi connectivity index (χ4v) is 3.15. The number of benzene rings is 2. The largest absolute Gasteiger partial charge is 0.351 e. The molecule has 5 heteroatoms. The van der Waals surface area contributed by atoms with Crippen LogP contribution >= 0.6 is 24.0 Å². The molecular formula is C26H30N2OS2. The van der Waals surface area contributed by atoms with Gasteiger partial charge < -0.3 is 9.80 Å². The Morgan fingerprint density at radius 2 is 1.58 bits per heavy atom. The summed E-state index contributed by atoms with van der Waals surface area (Å²) >= 11 is 6.17. The van der Waals surface area contributed by atoms with Crippen LogP contribution in [0.3, 0.4) is 0 Å². The van der Waals surface area contributed by atoms with Gasteiger partial charge in [-0.3, -0.25) is 4.79 Å². The lowest BCUT2D eigenvalue weighted by Crippen LogP contribution is -2.26. The standard InChI is InChI=1S/C20H24N2OS2.C6H6/c1-5-7-8-9-14-22(4)18-12-10-17(11-13-18)15-19(25-16-24)20(23)21(3)6-2;1-2-4-6-5-3-1/h5,7-16H,1,6H2,2-4H3;1-6H/b8-7-,14-9+,19-15+;. The molecule has 0 unspecified atom stereocenters. The van der Waals surface area contributed by atoms with E-state index >= 15 is 0 Å². The quantitative estimate of drug-likeness (QED) is 0.245. The van der Waals surface area contributed by atoms with Crippen LogP contribution in [0.25, 0.3) is 6.08 Å². The van der Waals surface area contributed by atoms with Gasteiger partial charge in [-0.15, -0.1) is 0 Å². The molecule has 31 heavy (non-hydrogen) atoms. The number of hydrogen-bond acceptors (Lipinski definition) is 4. The summed E-state index contributed by atoms with van der Waals surface area (Å²) < 4.78 is 1.51. The molecular weight excluding hydrogens is 420 g/mol. The summed E-state index contributed by atoms with van der Waals surface area (Å²) in [6, 6.07) is 20.0. The molecule has 0 bridgehead atoms. The molecule has 0 aliphatic carbocycles. The van der Waals surface area contributed by atoms with E-state index in [-0.39, 0.29) is 5.91 Å². The van der Waals surface area contributed by atoms with Gasteiger partial charge in [0.1, 0.15) is 0 Å². The number of likely N-dealkylation sites (N-methyl/N-ethyl adjacent to an activating group) is 1. The van der Waals surface area contributed by atoms with Crippen LogP contribution in [-0.2, 0) is 4.79 Å². The molecule has 0 aliphatic rings. The summed E-state index contributed by atoms with van der Waals surface area (Å²) in [6.45, 7) is 6.23. The van der Waals surface area contributed by atoms with Crippen molar-refractivity contribution in [1.82, 2.24) is 4.90 Å². The number of thioether (sulfide) groups is 1. The van der Waals surface area contributed by atoms with Crippen molar-refractivity contribution in [3.63, 3.8) is 0 Å². The first kappa shape index (κ1) is 26.1. The second-order valence-electron chi connectivity index (χ2n) is 6.36. The monoisotopic (exact) mass is 450 g/mol. The lowest BCUT2D eigenvalue weighted by Gasteiger charge is -2.16. The first-order valence-corrected chi connectivity index (χ1v) is 11.2. The smallest absolute Gasteiger partial charge is 0.260 e. The van der Waals surface area contributed by atoms with Gasteiger partial charge in [-0.1, -0.05) is 97.3 Å². The molecule has 0 saturated heterocycles. The lowest BCUT2D eigenvalue weighted by atomic mass is 10.2. The predicted molar refractivity (Wildman–Crippen MR) is 142 cm³/mol. The van der Waals surface area contributed by atoms with Gasteiger partial charge in [-0.25, -0.2) is 0 Å². The van der Waals surface area contributed by atoms with Crippen LogP contribution in [0.2, 0.25) is 0 Å². The van der Waals surface area contributed by atoms with Crippen molar-refractivity contribution in [3.8, 4) is 0 Å². The Bertz CT molecular complexity index is 861. The first-order chi connectivity index (χ1) is 15.0. The van der Waals surface area contributed by atoms with Gasteiger partial charge in [-0.05, 0) is 36.8 Å². The Kier molecular flexibility index (Phi) is 13.4. The number of carbonyl (C=O) groups is 1. The van der Waals surface area contributed by atoms with Crippen molar-refractivity contribution in [2.75, 3.05) is 25.5 Å². The Labute approximate surface area is 196 Å². The van der Waals surface area contributed by atoms with Gasteiger partial charge in [0.25, 0.3) is 5.91 Å². The van der Waals surface area contributed by atoms with E-state index in [9.17, 15) is 4.79 Å². The van der Waals surface area contributed by atoms with Crippen molar-refractivity contribution in [2.45, 2.75) is 6.92 Å². The third-order valence-corrected chi connectivity index (χ3v) is 5.07. The second-order valence-corrected chi connectivity index (χ2v) is 7.81. The number of rotatable bonds is 9. The zero-order valence-electron chi connectivity index (χ0n) is 18.3. The number of carbonyl (C=O) groups excluding carboxylic acids is 1. The van der Waals surface area contributed by atoms with E-state index in [1.165, 1.54) is 16.5 Å². The average molecular weight is 451 g/mol. The van der Waals surface area contributed by atoms with Crippen molar-refractivity contribution in [2.24, 2.45) is 0 Å². The Morgan fingerprint density at radius 1 is 1.00 bits per heavy atom. The molecule has 2 rings (SSSR count). The minimum atomic E-state index is -0.0215. The summed E-state index contributed by atoms with van der Waals surface area (Å²) in [7, 11) is 3.77. The minimum absolute atomic E-state index is 0.0215. The van der Waals surface area contributed by atoms with Gasteiger partial charge in [0.05, 0.1) is 4.91 Å². The van der Waals surface area contributed by atoms with Crippen LogP contribution in [0.15, 0.2) is 103 Å². The third kappa shape index (κ3) is 10.6. The first-order valence-electron chi connectivity index (χ1n) is 9.89. The lowest BCUT2D eigenvalue weighted by molar-refractivity contribution is -0.124. The molecule has 2 aromatic rings. The van der Waals surface area contributed by atoms with E-state index in [2.05, 4.69) is 6.58 Å². The molecule has 0 aromatic heterocycles. The molecule has 0 spiro atoms. The van der Waals surface area contributed by atoms with Crippen LogP contribution in [-0.4, -0.2) is 36.1 Å². The maximum Gasteiger partial charge on any atom is 0.260 e. The fourth-order valence-electron chi connectivity index (χ4n) is 2.28. The van der Waals surface area contributed by atoms with Gasteiger partial charge in [-0.2, -0.15) is 0 Å². The summed E-state index contributed by atoms with van der Waals surface area (Å²) in [5.74, 6) is -0.0215. The van der Waals surface area contributed by atoms with Crippen molar-refractivity contribution in [3.05, 3.63) is 108 Å². The molecule has 0 aliphatic heterocycles. The van der Waals surface area contributed by atoms with Gasteiger partial charge in [0, 0.05) is 37.2 Å². The molecule has 0 N–H and O–H groups in total. The summed E-state index contributed by atoms with van der Waals surface area (Å²) in [6.07, 6.45) is 11.3. The van der Waals surface area contributed by atoms with Crippen LogP contribution in [0.1, 0.15) is 12.5 Å². The molecule has 0 saturated carbocycles. The third-order valence-electron chi connectivity index (χ3n) is 4.14. The molecule has 1 amide bonds. The summed E-state index contributed by atoms with van der Waals surface area (Å²) in [5, 5.41) is 0. The van der Waals surface area contributed by atoms with E-state index in [4.69, 9.17) is 12.2 Å². The van der Waals surface area contributed by atoms with E-state index in [1.54, 1.807) is 18.0 Å². The number of nitrogens with zero attached hydrogens (tertiary/aromatic N) is 2. The molecule has 2 aromatic carbocycles. The normalized spacial score (nSPS) is 11.0. The summed E-state index contributed by atoms with van der Waals surface area (Å²) in [5.41, 5.74) is 2.02. The molecule has 162 valence electrons. The zero-order chi connectivity index (χ0) is 22.9. The Hall–Kier alpha value is -2.89. The van der Waals surface area contributed by atoms with Crippen LogP contribution in [0.4, 0.5) is 5.69 Å². The highest BCUT2D eigenvalue weighted by Gasteiger charge is 2.13. The maximum absolute atomic E-state index is 12.4. The topological polar surface area (TPSA) is 23.6 Å². The highest BCUT2D eigenvalue weighted by molar-refractivity contribution is 8.24. The highest BCUT2D eigenvalue weighted by atomic mass is 32.2. The van der Waals surface area contributed by atoms with Crippen LogP contribution in [0.5, 0.6) is 0 Å².